The van der Waals surface area contributed by atoms with Crippen molar-refractivity contribution in [2.24, 2.45) is 0 Å². The van der Waals surface area contributed by atoms with Gasteiger partial charge in [0.25, 0.3) is 0 Å². The summed E-state index contributed by atoms with van der Waals surface area (Å²) in [5, 5.41) is 11.6. The lowest BCUT2D eigenvalue weighted by Crippen LogP contribution is -2.11. The van der Waals surface area contributed by atoms with Gasteiger partial charge in [-0.15, -0.1) is 5.10 Å². The fourth-order valence-electron chi connectivity index (χ4n) is 2.68. The normalized spacial score (nSPS) is 13.4. The monoisotopic (exact) mass is 298 g/mol. The minimum absolute atomic E-state index is 0.299. The lowest BCUT2D eigenvalue weighted by Gasteiger charge is -2.06. The lowest BCUT2D eigenvalue weighted by atomic mass is 10.1. The van der Waals surface area contributed by atoms with Crippen molar-refractivity contribution in [3.05, 3.63) is 65.4 Å². The van der Waals surface area contributed by atoms with Gasteiger partial charge in [-0.25, -0.2) is 13.5 Å². The zero-order valence-electron chi connectivity index (χ0n) is 11.6. The highest BCUT2D eigenvalue weighted by Gasteiger charge is 2.20. The molecule has 4 nitrogen and oxygen atoms in total. The van der Waals surface area contributed by atoms with E-state index in [2.05, 4.69) is 15.6 Å². The number of benzene rings is 2. The zero-order chi connectivity index (χ0) is 15.1. The Morgan fingerprint density at radius 1 is 0.955 bits per heavy atom. The van der Waals surface area contributed by atoms with Crippen molar-refractivity contribution in [3.8, 4) is 16.9 Å². The van der Waals surface area contributed by atoms with E-state index in [0.717, 1.165) is 16.8 Å². The van der Waals surface area contributed by atoms with Gasteiger partial charge < -0.3 is 5.32 Å². The zero-order valence-corrected chi connectivity index (χ0v) is 11.6. The van der Waals surface area contributed by atoms with Crippen LogP contribution in [0.2, 0.25) is 0 Å². The summed E-state index contributed by atoms with van der Waals surface area (Å²) < 4.78 is 28.3. The Hall–Kier alpha value is -2.60. The SMILES string of the molecule is Fc1ccc(-c2nnn3c2CNCc2ccc(F)cc2-3)cc1. The Labute approximate surface area is 125 Å². The molecule has 0 radical (unpaired) electrons. The van der Waals surface area contributed by atoms with Crippen LogP contribution in [-0.2, 0) is 13.1 Å². The molecule has 4 rings (SSSR count). The van der Waals surface area contributed by atoms with Crippen LogP contribution in [0.25, 0.3) is 16.9 Å². The van der Waals surface area contributed by atoms with E-state index in [9.17, 15) is 8.78 Å². The average molecular weight is 298 g/mol. The summed E-state index contributed by atoms with van der Waals surface area (Å²) in [4.78, 5) is 0. The molecule has 2 heterocycles. The van der Waals surface area contributed by atoms with Crippen molar-refractivity contribution in [3.63, 3.8) is 0 Å². The van der Waals surface area contributed by atoms with Gasteiger partial charge >= 0.3 is 0 Å². The van der Waals surface area contributed by atoms with Gasteiger partial charge in [-0.2, -0.15) is 0 Å². The molecule has 0 amide bonds. The van der Waals surface area contributed by atoms with Crippen LogP contribution in [0, 0.1) is 11.6 Å². The van der Waals surface area contributed by atoms with Crippen LogP contribution < -0.4 is 5.32 Å². The van der Waals surface area contributed by atoms with E-state index in [-0.39, 0.29) is 11.6 Å². The van der Waals surface area contributed by atoms with E-state index in [1.165, 1.54) is 24.3 Å². The third-order valence-electron chi connectivity index (χ3n) is 3.76. The molecule has 0 spiro atoms. The molecule has 0 saturated carbocycles. The van der Waals surface area contributed by atoms with Gasteiger partial charge in [-0.1, -0.05) is 11.3 Å². The van der Waals surface area contributed by atoms with Gasteiger partial charge in [-0.05, 0) is 42.0 Å². The van der Waals surface area contributed by atoms with Crippen molar-refractivity contribution >= 4 is 0 Å². The predicted molar refractivity (Wildman–Crippen MR) is 77.3 cm³/mol. The van der Waals surface area contributed by atoms with Crippen LogP contribution in [0.3, 0.4) is 0 Å². The predicted octanol–water partition coefficient (Wildman–Crippen LogP) is 2.82. The maximum Gasteiger partial charge on any atom is 0.125 e. The first kappa shape index (κ1) is 13.1. The van der Waals surface area contributed by atoms with Crippen LogP contribution in [-0.4, -0.2) is 15.0 Å². The summed E-state index contributed by atoms with van der Waals surface area (Å²) in [7, 11) is 0. The number of hydrogen-bond donors (Lipinski definition) is 1. The Bertz CT molecular complexity index is 840. The number of hydrogen-bond acceptors (Lipinski definition) is 3. The molecule has 3 aromatic rings. The molecule has 0 unspecified atom stereocenters. The highest BCUT2D eigenvalue weighted by atomic mass is 19.1. The molecule has 2 aromatic carbocycles. The van der Waals surface area contributed by atoms with E-state index in [1.54, 1.807) is 22.9 Å². The third-order valence-corrected chi connectivity index (χ3v) is 3.76. The molecule has 0 saturated heterocycles. The molecule has 22 heavy (non-hydrogen) atoms. The van der Waals surface area contributed by atoms with E-state index in [4.69, 9.17) is 0 Å². The van der Waals surface area contributed by atoms with Crippen LogP contribution in [0.5, 0.6) is 0 Å². The molecule has 1 aliphatic rings. The first-order chi connectivity index (χ1) is 10.7. The minimum Gasteiger partial charge on any atom is -0.307 e. The van der Waals surface area contributed by atoms with Crippen molar-refractivity contribution in [1.29, 1.82) is 0 Å². The molecular formula is C16H12F2N4. The number of aromatic nitrogens is 3. The molecule has 0 fully saturated rings. The summed E-state index contributed by atoms with van der Waals surface area (Å²) >= 11 is 0. The van der Waals surface area contributed by atoms with Gasteiger partial charge in [0, 0.05) is 18.7 Å². The number of fused-ring (bicyclic) bond motifs is 3. The van der Waals surface area contributed by atoms with Gasteiger partial charge in [-0.3, -0.25) is 0 Å². The lowest BCUT2D eigenvalue weighted by molar-refractivity contribution is 0.623. The van der Waals surface area contributed by atoms with Crippen molar-refractivity contribution < 1.29 is 8.78 Å². The van der Waals surface area contributed by atoms with Crippen LogP contribution in [0.4, 0.5) is 8.78 Å². The number of nitrogens with zero attached hydrogens (tertiary/aromatic N) is 3. The van der Waals surface area contributed by atoms with E-state index < -0.39 is 0 Å². The topological polar surface area (TPSA) is 42.7 Å². The first-order valence-electron chi connectivity index (χ1n) is 6.92. The molecule has 1 N–H and O–H groups in total. The fraction of sp³-hybridized carbons (Fsp3) is 0.125. The summed E-state index contributed by atoms with van der Waals surface area (Å²) in [6.07, 6.45) is 0. The Kier molecular flexibility index (Phi) is 2.97. The standard InChI is InChI=1S/C16H12F2N4/c17-12-4-1-10(2-5-12)16-15-9-19-8-11-3-6-13(18)7-14(11)22(15)21-20-16/h1-7,19H,8-9H2. The molecule has 0 atom stereocenters. The molecule has 1 aliphatic heterocycles. The van der Waals surface area contributed by atoms with Crippen LogP contribution in [0.1, 0.15) is 11.3 Å². The molecule has 0 bridgehead atoms. The van der Waals surface area contributed by atoms with Gasteiger partial charge in [0.15, 0.2) is 0 Å². The van der Waals surface area contributed by atoms with Gasteiger partial charge in [0.1, 0.15) is 17.3 Å². The molecule has 0 aliphatic carbocycles. The highest BCUT2D eigenvalue weighted by Crippen LogP contribution is 2.27. The minimum atomic E-state index is -0.314. The summed E-state index contributed by atoms with van der Waals surface area (Å²) in [5.74, 6) is -0.613. The molecule has 1 aromatic heterocycles. The Morgan fingerprint density at radius 3 is 2.55 bits per heavy atom. The van der Waals surface area contributed by atoms with Gasteiger partial charge in [0.2, 0.25) is 0 Å². The van der Waals surface area contributed by atoms with Crippen LogP contribution in [0.15, 0.2) is 42.5 Å². The summed E-state index contributed by atoms with van der Waals surface area (Å²) in [6, 6.07) is 10.7. The van der Waals surface area contributed by atoms with Gasteiger partial charge in [0.05, 0.1) is 11.4 Å². The summed E-state index contributed by atoms with van der Waals surface area (Å²) in [5.41, 5.74) is 3.92. The Balaban J connectivity index is 1.89. The second-order valence-corrected chi connectivity index (χ2v) is 5.18. The van der Waals surface area contributed by atoms with Crippen molar-refractivity contribution in [2.75, 3.05) is 0 Å². The number of nitrogens with one attached hydrogen (secondary N) is 1. The Morgan fingerprint density at radius 2 is 1.73 bits per heavy atom. The fourth-order valence-corrected chi connectivity index (χ4v) is 2.68. The van der Waals surface area contributed by atoms with Crippen LogP contribution >= 0.6 is 0 Å². The number of rotatable bonds is 1. The quantitative estimate of drug-likeness (QED) is 0.751. The third kappa shape index (κ3) is 2.08. The average Bonchev–Trinajstić information content (AvgIpc) is 2.85. The second kappa shape index (κ2) is 4.99. The van der Waals surface area contributed by atoms with Crippen molar-refractivity contribution in [1.82, 2.24) is 20.3 Å². The maximum absolute atomic E-state index is 13.6. The number of halogens is 2. The molecular weight excluding hydrogens is 286 g/mol. The van der Waals surface area contributed by atoms with E-state index in [0.29, 0.717) is 24.5 Å². The maximum atomic E-state index is 13.6. The van der Waals surface area contributed by atoms with E-state index >= 15 is 0 Å². The first-order valence-corrected chi connectivity index (χ1v) is 6.92. The molecule has 110 valence electrons. The smallest absolute Gasteiger partial charge is 0.125 e. The highest BCUT2D eigenvalue weighted by molar-refractivity contribution is 5.62. The largest absolute Gasteiger partial charge is 0.307 e. The van der Waals surface area contributed by atoms with E-state index in [1.807, 2.05) is 0 Å². The van der Waals surface area contributed by atoms with Crippen molar-refractivity contribution in [2.45, 2.75) is 13.1 Å². The second-order valence-electron chi connectivity index (χ2n) is 5.18. The summed E-state index contributed by atoms with van der Waals surface area (Å²) in [6.45, 7) is 1.18. The molecule has 6 heteroatoms.